The average molecular weight is 223 g/mol. The van der Waals surface area contributed by atoms with Crippen molar-refractivity contribution in [3.63, 3.8) is 0 Å². The fourth-order valence-electron chi connectivity index (χ4n) is 1.43. The average Bonchev–Trinajstić information content (AvgIpc) is 2.60. The van der Waals surface area contributed by atoms with Gasteiger partial charge in [0.25, 0.3) is 6.43 Å². The van der Waals surface area contributed by atoms with E-state index in [4.69, 9.17) is 9.84 Å². The largest absolute Gasteiger partial charge is 0.385 e. The van der Waals surface area contributed by atoms with Crippen LogP contribution in [0.4, 0.5) is 8.78 Å². The lowest BCUT2D eigenvalue weighted by molar-refractivity contribution is -0.132. The first-order valence-electron chi connectivity index (χ1n) is 4.88. The Bertz CT molecular complexity index is 225. The summed E-state index contributed by atoms with van der Waals surface area (Å²) in [5.74, 6) is -0.339. The monoisotopic (exact) mass is 223 g/mol. The van der Waals surface area contributed by atoms with Crippen LogP contribution < -0.4 is 5.32 Å². The lowest BCUT2D eigenvalue weighted by Gasteiger charge is -2.16. The molecule has 3 atom stereocenters. The van der Waals surface area contributed by atoms with E-state index in [2.05, 4.69) is 5.32 Å². The van der Waals surface area contributed by atoms with E-state index in [1.807, 2.05) is 6.92 Å². The van der Waals surface area contributed by atoms with Gasteiger partial charge in [-0.15, -0.1) is 0 Å². The van der Waals surface area contributed by atoms with Gasteiger partial charge >= 0.3 is 0 Å². The maximum absolute atomic E-state index is 11.9. The normalized spacial score (nSPS) is 28.1. The van der Waals surface area contributed by atoms with Gasteiger partial charge in [-0.1, -0.05) is 6.92 Å². The molecule has 1 saturated heterocycles. The second kappa shape index (κ2) is 5.37. The molecule has 0 aromatic carbocycles. The third-order valence-corrected chi connectivity index (χ3v) is 2.42. The van der Waals surface area contributed by atoms with E-state index in [-0.39, 0.29) is 5.92 Å². The first kappa shape index (κ1) is 12.3. The third-order valence-electron chi connectivity index (χ3n) is 2.42. The van der Waals surface area contributed by atoms with E-state index in [0.717, 1.165) is 6.42 Å². The molecule has 1 rings (SSSR count). The molecule has 0 aromatic rings. The van der Waals surface area contributed by atoms with Crippen LogP contribution in [0.15, 0.2) is 0 Å². The number of hydrogen-bond donors (Lipinski definition) is 2. The van der Waals surface area contributed by atoms with Gasteiger partial charge in [-0.3, -0.25) is 4.79 Å². The number of aliphatic hydroxyl groups is 1. The van der Waals surface area contributed by atoms with Gasteiger partial charge in [0.2, 0.25) is 5.91 Å². The highest BCUT2D eigenvalue weighted by atomic mass is 19.3. The topological polar surface area (TPSA) is 58.6 Å². The number of amides is 1. The Balaban J connectivity index is 2.29. The van der Waals surface area contributed by atoms with Gasteiger partial charge in [0, 0.05) is 13.2 Å². The number of aliphatic hydroxyl groups excluding tert-OH is 1. The molecule has 0 radical (unpaired) electrons. The highest BCUT2D eigenvalue weighted by Crippen LogP contribution is 2.19. The molecule has 1 amide bonds. The fourth-order valence-corrected chi connectivity index (χ4v) is 1.43. The highest BCUT2D eigenvalue weighted by Gasteiger charge is 2.31. The van der Waals surface area contributed by atoms with Gasteiger partial charge in [0.1, 0.15) is 12.2 Å². The summed E-state index contributed by atoms with van der Waals surface area (Å²) in [4.78, 5) is 11.4. The van der Waals surface area contributed by atoms with Gasteiger partial charge in [-0.05, 0) is 12.3 Å². The molecule has 1 aliphatic heterocycles. The van der Waals surface area contributed by atoms with Crippen molar-refractivity contribution in [1.29, 1.82) is 0 Å². The second-order valence-corrected chi connectivity index (χ2v) is 3.70. The molecule has 6 heteroatoms. The van der Waals surface area contributed by atoms with Crippen LogP contribution in [0, 0.1) is 5.92 Å². The lowest BCUT2D eigenvalue weighted by atomic mass is 10.0. The Labute approximate surface area is 86.6 Å². The summed E-state index contributed by atoms with van der Waals surface area (Å²) >= 11 is 0. The molecule has 1 heterocycles. The molecule has 15 heavy (non-hydrogen) atoms. The Morgan fingerprint density at radius 2 is 2.33 bits per heavy atom. The molecular weight excluding hydrogens is 208 g/mol. The van der Waals surface area contributed by atoms with E-state index in [9.17, 15) is 13.6 Å². The zero-order valence-corrected chi connectivity index (χ0v) is 8.45. The molecule has 0 saturated carbocycles. The minimum absolute atomic E-state index is 0.0914. The number of carbonyl (C=O) groups excluding carboxylic acids is 1. The third kappa shape index (κ3) is 3.39. The molecule has 3 unspecified atom stereocenters. The van der Waals surface area contributed by atoms with Crippen LogP contribution in [0.2, 0.25) is 0 Å². The molecule has 4 nitrogen and oxygen atoms in total. The number of halogens is 2. The Morgan fingerprint density at radius 1 is 1.67 bits per heavy atom. The van der Waals surface area contributed by atoms with E-state index >= 15 is 0 Å². The molecule has 0 aromatic heterocycles. The molecule has 1 fully saturated rings. The lowest BCUT2D eigenvalue weighted by Crippen LogP contribution is -2.42. The van der Waals surface area contributed by atoms with Gasteiger partial charge in [-0.25, -0.2) is 8.78 Å². The van der Waals surface area contributed by atoms with Gasteiger partial charge in [0.15, 0.2) is 0 Å². The minimum atomic E-state index is -2.84. The van der Waals surface area contributed by atoms with Crippen molar-refractivity contribution >= 4 is 5.91 Å². The van der Waals surface area contributed by atoms with Gasteiger partial charge < -0.3 is 15.2 Å². The minimum Gasteiger partial charge on any atom is -0.385 e. The number of rotatable bonds is 4. The summed E-state index contributed by atoms with van der Waals surface area (Å²) in [6.45, 7) is 1.93. The van der Waals surface area contributed by atoms with Crippen LogP contribution in [0.1, 0.15) is 13.3 Å². The van der Waals surface area contributed by atoms with Crippen molar-refractivity contribution in [3.05, 3.63) is 0 Å². The van der Waals surface area contributed by atoms with Crippen LogP contribution in [-0.4, -0.2) is 42.8 Å². The second-order valence-electron chi connectivity index (χ2n) is 3.70. The van der Waals surface area contributed by atoms with Crippen molar-refractivity contribution in [1.82, 2.24) is 5.32 Å². The van der Waals surface area contributed by atoms with Gasteiger partial charge in [-0.2, -0.15) is 0 Å². The standard InChI is InChI=1S/C9H15F2NO3/c1-5-2-3-15-7(5)9(14)12-4-6(13)8(10)11/h5-8,13H,2-4H2,1H3,(H,12,14). The Kier molecular flexibility index (Phi) is 4.41. The maximum Gasteiger partial charge on any atom is 0.265 e. The quantitative estimate of drug-likeness (QED) is 0.713. The number of ether oxygens (including phenoxy) is 1. The molecule has 2 N–H and O–H groups in total. The summed E-state index contributed by atoms with van der Waals surface area (Å²) in [6.07, 6.45) is -4.44. The fraction of sp³-hybridized carbons (Fsp3) is 0.889. The predicted octanol–water partition coefficient (Wildman–Crippen LogP) is 0.154. The van der Waals surface area contributed by atoms with Crippen LogP contribution in [0.5, 0.6) is 0 Å². The van der Waals surface area contributed by atoms with Crippen LogP contribution in [0.25, 0.3) is 0 Å². The Hall–Kier alpha value is -0.750. The summed E-state index contributed by atoms with van der Waals surface area (Å²) in [5.41, 5.74) is 0. The molecule has 0 aliphatic carbocycles. The summed E-state index contributed by atoms with van der Waals surface area (Å²) in [5, 5.41) is 11.0. The van der Waals surface area contributed by atoms with E-state index in [1.54, 1.807) is 0 Å². The summed E-state index contributed by atoms with van der Waals surface area (Å²) in [7, 11) is 0. The highest BCUT2D eigenvalue weighted by molar-refractivity contribution is 5.81. The zero-order valence-electron chi connectivity index (χ0n) is 8.45. The zero-order chi connectivity index (χ0) is 11.4. The van der Waals surface area contributed by atoms with Crippen molar-refractivity contribution < 1.29 is 23.4 Å². The number of alkyl halides is 2. The summed E-state index contributed by atoms with van der Waals surface area (Å²) in [6, 6.07) is 0. The first-order chi connectivity index (χ1) is 7.02. The molecule has 0 bridgehead atoms. The number of carbonyl (C=O) groups is 1. The smallest absolute Gasteiger partial charge is 0.265 e. The Morgan fingerprint density at radius 3 is 2.80 bits per heavy atom. The predicted molar refractivity (Wildman–Crippen MR) is 48.5 cm³/mol. The van der Waals surface area contributed by atoms with Crippen molar-refractivity contribution in [2.45, 2.75) is 32.0 Å². The van der Waals surface area contributed by atoms with E-state index in [0.29, 0.717) is 6.61 Å². The molecule has 88 valence electrons. The van der Waals surface area contributed by atoms with Gasteiger partial charge in [0.05, 0.1) is 0 Å². The molecule has 1 aliphatic rings. The maximum atomic E-state index is 11.9. The van der Waals surface area contributed by atoms with Crippen molar-refractivity contribution in [3.8, 4) is 0 Å². The van der Waals surface area contributed by atoms with Crippen LogP contribution in [-0.2, 0) is 9.53 Å². The summed E-state index contributed by atoms with van der Waals surface area (Å²) < 4.78 is 28.9. The number of hydrogen-bond acceptors (Lipinski definition) is 3. The number of nitrogens with one attached hydrogen (secondary N) is 1. The van der Waals surface area contributed by atoms with Crippen LogP contribution >= 0.6 is 0 Å². The van der Waals surface area contributed by atoms with Crippen molar-refractivity contribution in [2.24, 2.45) is 5.92 Å². The van der Waals surface area contributed by atoms with Crippen LogP contribution in [0.3, 0.4) is 0 Å². The molecule has 0 spiro atoms. The SMILES string of the molecule is CC1CCOC1C(=O)NCC(O)C(F)F. The molecular formula is C9H15F2NO3. The van der Waals surface area contributed by atoms with E-state index < -0.39 is 31.1 Å². The van der Waals surface area contributed by atoms with E-state index in [1.165, 1.54) is 0 Å². The van der Waals surface area contributed by atoms with Crippen molar-refractivity contribution in [2.75, 3.05) is 13.2 Å². The first-order valence-corrected chi connectivity index (χ1v) is 4.88.